The highest BCUT2D eigenvalue weighted by atomic mass is 35.5. The number of rotatable bonds is 7. The van der Waals surface area contributed by atoms with E-state index in [0.717, 1.165) is 12.1 Å². The van der Waals surface area contributed by atoms with Crippen molar-refractivity contribution >= 4 is 44.8 Å². The molecule has 42 heavy (non-hydrogen) atoms. The van der Waals surface area contributed by atoms with Gasteiger partial charge >= 0.3 is 12.2 Å². The first kappa shape index (κ1) is 31.8. The molecule has 2 saturated heterocycles. The summed E-state index contributed by atoms with van der Waals surface area (Å²) in [5.41, 5.74) is -0.0517. The van der Waals surface area contributed by atoms with Gasteiger partial charge in [-0.1, -0.05) is 17.7 Å². The Hall–Kier alpha value is -3.17. The molecule has 4 rings (SSSR count). The summed E-state index contributed by atoms with van der Waals surface area (Å²) in [6, 6.07) is 6.19. The number of amides is 3. The number of alkyl halides is 3. The number of piperazine rings is 1. The van der Waals surface area contributed by atoms with Gasteiger partial charge in [-0.05, 0) is 24.3 Å². The van der Waals surface area contributed by atoms with Crippen LogP contribution in [0.5, 0.6) is 0 Å². The van der Waals surface area contributed by atoms with Crippen molar-refractivity contribution in [3.05, 3.63) is 58.1 Å². The number of carbonyl (C=O) groups is 2. The molecule has 9 nitrogen and oxygen atoms in total. The second kappa shape index (κ2) is 13.0. The normalized spacial score (nSPS) is 17.7. The van der Waals surface area contributed by atoms with Crippen molar-refractivity contribution in [1.82, 2.24) is 15.1 Å². The quantitative estimate of drug-likeness (QED) is 0.447. The van der Waals surface area contributed by atoms with Crippen LogP contribution < -0.4 is 15.5 Å². The van der Waals surface area contributed by atoms with E-state index in [-0.39, 0.29) is 48.9 Å². The maximum Gasteiger partial charge on any atom is 0.390 e. The lowest BCUT2D eigenvalue weighted by atomic mass is 10.1. The molecule has 0 atom stereocenters. The summed E-state index contributed by atoms with van der Waals surface area (Å²) >= 11 is 6.15. The smallest absolute Gasteiger partial charge is 0.367 e. The number of benzene rings is 2. The minimum Gasteiger partial charge on any atom is -0.367 e. The zero-order valence-corrected chi connectivity index (χ0v) is 23.9. The summed E-state index contributed by atoms with van der Waals surface area (Å²) in [4.78, 5) is 30.1. The summed E-state index contributed by atoms with van der Waals surface area (Å²) in [5, 5.41) is 5.33. The van der Waals surface area contributed by atoms with E-state index in [1.807, 2.05) is 4.90 Å². The molecule has 230 valence electrons. The second-order valence-electron chi connectivity index (χ2n) is 10.0. The molecule has 0 saturated carbocycles. The van der Waals surface area contributed by atoms with E-state index in [2.05, 4.69) is 10.6 Å². The van der Waals surface area contributed by atoms with Crippen molar-refractivity contribution in [3.8, 4) is 0 Å². The summed E-state index contributed by atoms with van der Waals surface area (Å²) in [7, 11) is -3.20. The van der Waals surface area contributed by atoms with E-state index in [9.17, 15) is 40.0 Å². The molecular formula is C26H29ClF5N5O4S. The van der Waals surface area contributed by atoms with E-state index < -0.39 is 51.6 Å². The van der Waals surface area contributed by atoms with Crippen LogP contribution in [0.25, 0.3) is 0 Å². The first-order valence-corrected chi connectivity index (χ1v) is 15.3. The van der Waals surface area contributed by atoms with Gasteiger partial charge in [-0.15, -0.1) is 0 Å². The highest BCUT2D eigenvalue weighted by Gasteiger charge is 2.30. The van der Waals surface area contributed by atoms with Gasteiger partial charge in [-0.25, -0.2) is 22.0 Å². The summed E-state index contributed by atoms with van der Waals surface area (Å²) in [5.74, 6) is -4.04. The number of urea groups is 1. The lowest BCUT2D eigenvalue weighted by Gasteiger charge is -2.37. The van der Waals surface area contributed by atoms with Crippen LogP contribution in [0.2, 0.25) is 5.02 Å². The van der Waals surface area contributed by atoms with Crippen LogP contribution in [-0.2, 0) is 16.4 Å². The summed E-state index contributed by atoms with van der Waals surface area (Å²) in [6.07, 6.45) is -5.16. The van der Waals surface area contributed by atoms with Crippen LogP contribution in [0.4, 0.5) is 38.1 Å². The maximum atomic E-state index is 15.0. The Morgan fingerprint density at radius 2 is 1.60 bits per heavy atom. The van der Waals surface area contributed by atoms with E-state index in [0.29, 0.717) is 36.9 Å². The van der Waals surface area contributed by atoms with Gasteiger partial charge in [0.05, 0.1) is 34.9 Å². The molecule has 16 heteroatoms. The van der Waals surface area contributed by atoms with Crippen molar-refractivity contribution in [2.45, 2.75) is 19.1 Å². The van der Waals surface area contributed by atoms with E-state index in [1.165, 1.54) is 17.0 Å². The minimum atomic E-state index is -4.25. The predicted octanol–water partition coefficient (Wildman–Crippen LogP) is 3.88. The van der Waals surface area contributed by atoms with Crippen molar-refractivity contribution < 1.29 is 40.0 Å². The SMILES string of the molecule is O=C(Nc1ccc(Cl)cc1N1CCN(CCC(F)(F)F)CC1)c1ccc(CNC(=O)N2CCS(=O)(=O)CC2)c(F)c1F. The van der Waals surface area contributed by atoms with Gasteiger partial charge in [0.2, 0.25) is 0 Å². The number of hydrogen-bond donors (Lipinski definition) is 2. The number of nitrogens with zero attached hydrogens (tertiary/aromatic N) is 3. The van der Waals surface area contributed by atoms with Crippen LogP contribution >= 0.6 is 11.6 Å². The van der Waals surface area contributed by atoms with Crippen LogP contribution in [0.1, 0.15) is 22.3 Å². The molecule has 0 spiro atoms. The molecule has 2 aromatic rings. The second-order valence-corrected chi connectivity index (χ2v) is 12.7. The fourth-order valence-corrected chi connectivity index (χ4v) is 6.03. The Bertz CT molecular complexity index is 1420. The number of nitrogens with one attached hydrogen (secondary N) is 2. The van der Waals surface area contributed by atoms with Crippen LogP contribution in [-0.4, -0.2) is 93.7 Å². The van der Waals surface area contributed by atoms with E-state index in [4.69, 9.17) is 11.6 Å². The topological polar surface area (TPSA) is 102 Å². The van der Waals surface area contributed by atoms with Crippen molar-refractivity contribution in [2.24, 2.45) is 0 Å². The third-order valence-corrected chi connectivity index (χ3v) is 8.95. The molecule has 2 aromatic carbocycles. The van der Waals surface area contributed by atoms with Crippen LogP contribution in [0.3, 0.4) is 0 Å². The molecule has 2 fully saturated rings. The van der Waals surface area contributed by atoms with Gasteiger partial charge in [0, 0.05) is 62.9 Å². The Morgan fingerprint density at radius 3 is 2.24 bits per heavy atom. The van der Waals surface area contributed by atoms with Gasteiger partial charge in [0.25, 0.3) is 5.91 Å². The van der Waals surface area contributed by atoms with Crippen LogP contribution in [0.15, 0.2) is 30.3 Å². The molecule has 2 aliphatic heterocycles. The summed E-state index contributed by atoms with van der Waals surface area (Å²) < 4.78 is 90.6. The number of anilines is 2. The molecule has 2 aliphatic rings. The fourth-order valence-electron chi connectivity index (χ4n) is 4.66. The number of halogens is 6. The van der Waals surface area contributed by atoms with Crippen LogP contribution in [0, 0.1) is 11.6 Å². The predicted molar refractivity (Wildman–Crippen MR) is 148 cm³/mol. The first-order chi connectivity index (χ1) is 19.7. The van der Waals surface area contributed by atoms with Crippen molar-refractivity contribution in [1.29, 1.82) is 0 Å². The highest BCUT2D eigenvalue weighted by Crippen LogP contribution is 2.31. The van der Waals surface area contributed by atoms with Gasteiger partial charge in [0.15, 0.2) is 21.5 Å². The Labute approximate surface area is 244 Å². The zero-order valence-electron chi connectivity index (χ0n) is 22.3. The minimum absolute atomic E-state index is 0.00938. The third-order valence-electron chi connectivity index (χ3n) is 7.10. The lowest BCUT2D eigenvalue weighted by molar-refractivity contribution is -0.138. The molecule has 0 radical (unpaired) electrons. The Balaban J connectivity index is 1.39. The van der Waals surface area contributed by atoms with E-state index >= 15 is 0 Å². The maximum absolute atomic E-state index is 15.0. The number of hydrogen-bond acceptors (Lipinski definition) is 6. The largest absolute Gasteiger partial charge is 0.390 e. The zero-order chi connectivity index (χ0) is 30.7. The van der Waals surface area contributed by atoms with Gasteiger partial charge < -0.3 is 20.4 Å². The average Bonchev–Trinajstić information content (AvgIpc) is 2.93. The molecule has 0 aliphatic carbocycles. The Morgan fingerprint density at radius 1 is 0.929 bits per heavy atom. The monoisotopic (exact) mass is 637 g/mol. The van der Waals surface area contributed by atoms with Gasteiger partial charge in [-0.3, -0.25) is 9.69 Å². The summed E-state index contributed by atoms with van der Waals surface area (Å²) in [6.45, 7) is 0.895. The lowest BCUT2D eigenvalue weighted by Crippen LogP contribution is -2.48. The molecule has 2 N–H and O–H groups in total. The molecule has 3 amide bonds. The fraction of sp³-hybridized carbons (Fsp3) is 0.462. The molecule has 0 aromatic heterocycles. The molecule has 2 heterocycles. The van der Waals surface area contributed by atoms with Crippen molar-refractivity contribution in [2.75, 3.05) is 67.5 Å². The number of sulfone groups is 1. The standard InChI is InChI=1S/C26H29ClF5N5O4S/c27-18-2-4-20(21(15-18)36-9-7-35(8-10-36)6-5-26(30,31)32)34-24(38)19-3-1-17(22(28)23(19)29)16-33-25(39)37-11-13-42(40,41)14-12-37/h1-4,15H,5-14,16H2,(H,33,39)(H,34,38). The molecular weight excluding hydrogens is 609 g/mol. The number of carbonyl (C=O) groups excluding carboxylic acids is 2. The molecule has 0 bridgehead atoms. The third kappa shape index (κ3) is 8.22. The first-order valence-electron chi connectivity index (χ1n) is 13.1. The van der Waals surface area contributed by atoms with E-state index in [1.54, 1.807) is 11.0 Å². The Kier molecular flexibility index (Phi) is 9.83. The molecule has 0 unspecified atom stereocenters. The highest BCUT2D eigenvalue weighted by molar-refractivity contribution is 7.91. The average molecular weight is 638 g/mol. The van der Waals surface area contributed by atoms with Gasteiger partial charge in [-0.2, -0.15) is 13.2 Å². The van der Waals surface area contributed by atoms with Gasteiger partial charge in [0.1, 0.15) is 0 Å². The van der Waals surface area contributed by atoms with Crippen molar-refractivity contribution in [3.63, 3.8) is 0 Å².